The monoisotopic (exact) mass is 345 g/mol. The maximum absolute atomic E-state index is 13.2. The molecular formula is C19H20FNO4. The Morgan fingerprint density at radius 3 is 2.92 bits per heavy atom. The van der Waals surface area contributed by atoms with E-state index in [1.165, 1.54) is 12.1 Å². The van der Waals surface area contributed by atoms with Gasteiger partial charge in [-0.2, -0.15) is 0 Å². The molecule has 2 N–H and O–H groups in total. The Morgan fingerprint density at radius 2 is 2.12 bits per heavy atom. The number of carbonyl (C=O) groups is 1. The van der Waals surface area contributed by atoms with Gasteiger partial charge in [-0.3, -0.25) is 0 Å². The number of hydrogen-bond acceptors (Lipinski definition) is 4. The van der Waals surface area contributed by atoms with Crippen LogP contribution in [0.25, 0.3) is 0 Å². The summed E-state index contributed by atoms with van der Waals surface area (Å²) in [4.78, 5) is 11.7. The van der Waals surface area contributed by atoms with Crippen LogP contribution >= 0.6 is 0 Å². The molecule has 2 atom stereocenters. The molecule has 132 valence electrons. The summed E-state index contributed by atoms with van der Waals surface area (Å²) >= 11 is 0. The molecule has 0 aromatic heterocycles. The van der Waals surface area contributed by atoms with E-state index in [0.29, 0.717) is 18.6 Å². The Kier molecular flexibility index (Phi) is 5.50. The van der Waals surface area contributed by atoms with Crippen molar-refractivity contribution in [1.29, 1.82) is 0 Å². The molecule has 1 amide bonds. The fourth-order valence-corrected chi connectivity index (χ4v) is 2.74. The zero-order chi connectivity index (χ0) is 17.6. The van der Waals surface area contributed by atoms with Crippen LogP contribution in [-0.2, 0) is 17.8 Å². The molecule has 0 saturated carbocycles. The van der Waals surface area contributed by atoms with Gasteiger partial charge >= 0.3 is 6.09 Å². The smallest absolute Gasteiger partial charge is 0.407 e. The third-order valence-corrected chi connectivity index (χ3v) is 4.10. The van der Waals surface area contributed by atoms with Crippen LogP contribution in [0.15, 0.2) is 48.5 Å². The van der Waals surface area contributed by atoms with Gasteiger partial charge in [-0.05, 0) is 42.2 Å². The molecule has 2 aromatic carbocycles. The van der Waals surface area contributed by atoms with Crippen molar-refractivity contribution < 1.29 is 23.8 Å². The van der Waals surface area contributed by atoms with Crippen LogP contribution in [-0.4, -0.2) is 30.0 Å². The van der Waals surface area contributed by atoms with Crippen LogP contribution in [0.3, 0.4) is 0 Å². The van der Waals surface area contributed by atoms with E-state index in [9.17, 15) is 14.3 Å². The van der Waals surface area contributed by atoms with Gasteiger partial charge in [0.1, 0.15) is 30.4 Å². The fraction of sp³-hybridized carbons (Fsp3) is 0.316. The molecule has 1 heterocycles. The molecule has 0 aliphatic carbocycles. The molecule has 1 aliphatic rings. The van der Waals surface area contributed by atoms with E-state index < -0.39 is 18.3 Å². The number of ether oxygens (including phenoxy) is 2. The minimum atomic E-state index is -0.873. The van der Waals surface area contributed by atoms with E-state index in [-0.39, 0.29) is 19.0 Å². The maximum Gasteiger partial charge on any atom is 0.407 e. The lowest BCUT2D eigenvalue weighted by molar-refractivity contribution is 0.0236. The molecule has 1 aliphatic heterocycles. The Hall–Kier alpha value is -2.60. The highest BCUT2D eigenvalue weighted by Crippen LogP contribution is 2.29. The zero-order valence-electron chi connectivity index (χ0n) is 13.7. The minimum Gasteiger partial charge on any atom is -0.487 e. The number of aliphatic hydroxyl groups excluding tert-OH is 1. The molecule has 2 aromatic rings. The van der Waals surface area contributed by atoms with Gasteiger partial charge in [0.25, 0.3) is 0 Å². The average molecular weight is 345 g/mol. The summed E-state index contributed by atoms with van der Waals surface area (Å²) in [5.41, 5.74) is 1.68. The van der Waals surface area contributed by atoms with Crippen molar-refractivity contribution >= 4 is 6.09 Å². The number of alkyl carbamates (subject to hydrolysis) is 1. The van der Waals surface area contributed by atoms with E-state index in [1.807, 2.05) is 30.3 Å². The van der Waals surface area contributed by atoms with E-state index >= 15 is 0 Å². The van der Waals surface area contributed by atoms with Crippen molar-refractivity contribution in [2.75, 3.05) is 6.54 Å². The van der Waals surface area contributed by atoms with Gasteiger partial charge in [0.15, 0.2) is 0 Å². The second-order valence-corrected chi connectivity index (χ2v) is 5.96. The van der Waals surface area contributed by atoms with Crippen LogP contribution < -0.4 is 10.1 Å². The predicted molar refractivity (Wildman–Crippen MR) is 89.8 cm³/mol. The molecule has 3 rings (SSSR count). The van der Waals surface area contributed by atoms with Crippen LogP contribution in [0.2, 0.25) is 0 Å². The van der Waals surface area contributed by atoms with Gasteiger partial charge in [0.2, 0.25) is 0 Å². The first-order valence-corrected chi connectivity index (χ1v) is 8.19. The highest BCUT2D eigenvalue weighted by Gasteiger charge is 2.27. The third kappa shape index (κ3) is 4.70. The van der Waals surface area contributed by atoms with Crippen molar-refractivity contribution in [2.45, 2.75) is 31.7 Å². The second kappa shape index (κ2) is 7.98. The Morgan fingerprint density at radius 1 is 1.32 bits per heavy atom. The zero-order valence-corrected chi connectivity index (χ0v) is 13.7. The normalized spacial score (nSPS) is 17.1. The van der Waals surface area contributed by atoms with Gasteiger partial charge in [0, 0.05) is 0 Å². The molecule has 5 nitrogen and oxygen atoms in total. The topological polar surface area (TPSA) is 67.8 Å². The summed E-state index contributed by atoms with van der Waals surface area (Å²) in [6.07, 6.45) is -0.748. The number of carbonyl (C=O) groups excluding carboxylic acids is 1. The largest absolute Gasteiger partial charge is 0.487 e. The summed E-state index contributed by atoms with van der Waals surface area (Å²) in [5, 5.41) is 12.8. The molecule has 6 heteroatoms. The number of fused-ring (bicyclic) bond motifs is 1. The molecular weight excluding hydrogens is 325 g/mol. The molecule has 0 spiro atoms. The van der Waals surface area contributed by atoms with Gasteiger partial charge in [-0.1, -0.05) is 30.3 Å². The Bertz CT molecular complexity index is 723. The number of rotatable bonds is 5. The Labute approximate surface area is 145 Å². The van der Waals surface area contributed by atoms with Crippen LogP contribution in [0.5, 0.6) is 5.75 Å². The first-order valence-electron chi connectivity index (χ1n) is 8.19. The average Bonchev–Trinajstić information content (AvgIpc) is 2.64. The van der Waals surface area contributed by atoms with E-state index in [2.05, 4.69) is 5.32 Å². The van der Waals surface area contributed by atoms with E-state index in [0.717, 1.165) is 11.1 Å². The lowest BCUT2D eigenvalue weighted by Gasteiger charge is -2.29. The standard InChI is InChI=1S/C19H20FNO4/c20-15-7-9-17-14(10-15)6-8-18(25-17)16(22)11-21-19(23)24-12-13-4-2-1-3-5-13/h1-5,7,9-10,16,18,22H,6,8,11-12H2,(H,21,23)/t16-,18-/m0/s1. The van der Waals surface area contributed by atoms with Crippen molar-refractivity contribution in [1.82, 2.24) is 5.32 Å². The Balaban J connectivity index is 1.44. The van der Waals surface area contributed by atoms with Gasteiger partial charge < -0.3 is 19.9 Å². The number of amides is 1. The van der Waals surface area contributed by atoms with Crippen molar-refractivity contribution in [3.8, 4) is 5.75 Å². The number of aryl methyl sites for hydroxylation is 1. The SMILES string of the molecule is O=C(NC[C@H](O)[C@@H]1CCc2cc(F)ccc2O1)OCc1ccccc1. The summed E-state index contributed by atoms with van der Waals surface area (Å²) in [7, 11) is 0. The molecule has 0 fully saturated rings. The van der Waals surface area contributed by atoms with Crippen molar-refractivity contribution in [3.63, 3.8) is 0 Å². The number of hydrogen-bond donors (Lipinski definition) is 2. The van der Waals surface area contributed by atoms with Gasteiger partial charge in [0.05, 0.1) is 6.54 Å². The molecule has 25 heavy (non-hydrogen) atoms. The van der Waals surface area contributed by atoms with E-state index in [4.69, 9.17) is 9.47 Å². The summed E-state index contributed by atoms with van der Waals surface area (Å²) in [6, 6.07) is 13.7. The van der Waals surface area contributed by atoms with Crippen molar-refractivity contribution in [2.24, 2.45) is 0 Å². The quantitative estimate of drug-likeness (QED) is 0.874. The minimum absolute atomic E-state index is 0.0226. The molecule has 0 bridgehead atoms. The first kappa shape index (κ1) is 17.2. The number of aliphatic hydroxyl groups is 1. The highest BCUT2D eigenvalue weighted by molar-refractivity contribution is 5.67. The van der Waals surface area contributed by atoms with Crippen molar-refractivity contribution in [3.05, 3.63) is 65.5 Å². The molecule has 0 radical (unpaired) electrons. The van der Waals surface area contributed by atoms with Gasteiger partial charge in [-0.25, -0.2) is 9.18 Å². The molecule has 0 unspecified atom stereocenters. The van der Waals surface area contributed by atoms with Crippen LogP contribution in [0, 0.1) is 5.82 Å². The maximum atomic E-state index is 13.2. The summed E-state index contributed by atoms with van der Waals surface area (Å²) in [6.45, 7) is 0.191. The number of halogens is 1. The number of benzene rings is 2. The fourth-order valence-electron chi connectivity index (χ4n) is 2.74. The molecule has 0 saturated heterocycles. The summed E-state index contributed by atoms with van der Waals surface area (Å²) < 4.78 is 24.0. The lowest BCUT2D eigenvalue weighted by atomic mass is 9.99. The predicted octanol–water partition coefficient (Wildman–Crippen LogP) is 2.81. The van der Waals surface area contributed by atoms with Crippen LogP contribution in [0.4, 0.5) is 9.18 Å². The van der Waals surface area contributed by atoms with E-state index in [1.54, 1.807) is 6.07 Å². The third-order valence-electron chi connectivity index (χ3n) is 4.10. The number of nitrogens with one attached hydrogen (secondary N) is 1. The summed E-state index contributed by atoms with van der Waals surface area (Å²) in [5.74, 6) is 0.271. The first-order chi connectivity index (χ1) is 12.1. The second-order valence-electron chi connectivity index (χ2n) is 5.96. The van der Waals surface area contributed by atoms with Crippen LogP contribution in [0.1, 0.15) is 17.5 Å². The lowest BCUT2D eigenvalue weighted by Crippen LogP contribution is -2.43. The highest BCUT2D eigenvalue weighted by atomic mass is 19.1. The van der Waals surface area contributed by atoms with Gasteiger partial charge in [-0.15, -0.1) is 0 Å².